The number of benzene rings is 1. The van der Waals surface area contributed by atoms with Crippen LogP contribution in [0.3, 0.4) is 0 Å². The molecular formula is C17H26N2O2. The summed E-state index contributed by atoms with van der Waals surface area (Å²) in [5, 5.41) is 0. The van der Waals surface area contributed by atoms with Crippen molar-refractivity contribution in [1.82, 2.24) is 4.90 Å². The first-order chi connectivity index (χ1) is 10.1. The van der Waals surface area contributed by atoms with E-state index in [1.54, 1.807) is 0 Å². The Labute approximate surface area is 127 Å². The number of carbonyl (C=O) groups excluding carboxylic acids is 1. The largest absolute Gasteiger partial charge is 0.374 e. The molecule has 3 atom stereocenters. The van der Waals surface area contributed by atoms with Crippen LogP contribution >= 0.6 is 0 Å². The summed E-state index contributed by atoms with van der Waals surface area (Å²) in [5.41, 5.74) is 7.31. The Morgan fingerprint density at radius 1 is 1.43 bits per heavy atom. The van der Waals surface area contributed by atoms with E-state index in [2.05, 4.69) is 19.1 Å². The van der Waals surface area contributed by atoms with Crippen LogP contribution in [0, 0.1) is 5.92 Å². The van der Waals surface area contributed by atoms with Crippen molar-refractivity contribution in [3.05, 3.63) is 35.9 Å². The lowest BCUT2D eigenvalue weighted by Crippen LogP contribution is -2.53. The van der Waals surface area contributed by atoms with Gasteiger partial charge in [-0.3, -0.25) is 4.79 Å². The number of carbonyl (C=O) groups is 1. The van der Waals surface area contributed by atoms with Gasteiger partial charge in [-0.2, -0.15) is 0 Å². The monoisotopic (exact) mass is 290 g/mol. The first-order valence-electron chi connectivity index (χ1n) is 7.81. The molecule has 1 amide bonds. The molecule has 0 radical (unpaired) electrons. The lowest BCUT2D eigenvalue weighted by atomic mass is 9.98. The van der Waals surface area contributed by atoms with Crippen LogP contribution in [-0.4, -0.2) is 42.6 Å². The van der Waals surface area contributed by atoms with Crippen LogP contribution in [-0.2, 0) is 16.0 Å². The van der Waals surface area contributed by atoms with Crippen LogP contribution < -0.4 is 5.73 Å². The highest BCUT2D eigenvalue weighted by atomic mass is 16.5. The molecule has 0 aliphatic carbocycles. The number of hydrogen-bond donors (Lipinski definition) is 1. The van der Waals surface area contributed by atoms with Gasteiger partial charge < -0.3 is 15.4 Å². The predicted octanol–water partition coefficient (Wildman–Crippen LogP) is 1.83. The van der Waals surface area contributed by atoms with Crippen molar-refractivity contribution in [2.45, 2.75) is 38.8 Å². The van der Waals surface area contributed by atoms with Gasteiger partial charge in [0.1, 0.15) is 0 Å². The number of morpholine rings is 1. The fraction of sp³-hybridized carbons (Fsp3) is 0.588. The van der Waals surface area contributed by atoms with Crippen LogP contribution in [0.2, 0.25) is 0 Å². The molecule has 4 heteroatoms. The molecule has 1 fully saturated rings. The molecule has 1 aliphatic heterocycles. The number of rotatable bonds is 5. The fourth-order valence-corrected chi connectivity index (χ4v) is 2.63. The van der Waals surface area contributed by atoms with Gasteiger partial charge in [-0.25, -0.2) is 0 Å². The molecule has 2 rings (SSSR count). The first-order valence-corrected chi connectivity index (χ1v) is 7.81. The number of nitrogens with two attached hydrogens (primary N) is 1. The van der Waals surface area contributed by atoms with Gasteiger partial charge in [0.25, 0.3) is 0 Å². The summed E-state index contributed by atoms with van der Waals surface area (Å²) in [6.45, 7) is 5.97. The van der Waals surface area contributed by atoms with Gasteiger partial charge in [0.05, 0.1) is 18.8 Å². The normalized spacial score (nSPS) is 21.9. The smallest absolute Gasteiger partial charge is 0.239 e. The van der Waals surface area contributed by atoms with E-state index in [1.165, 1.54) is 5.56 Å². The van der Waals surface area contributed by atoms with Gasteiger partial charge in [0.2, 0.25) is 5.91 Å². The molecule has 2 N–H and O–H groups in total. The van der Waals surface area contributed by atoms with E-state index < -0.39 is 6.04 Å². The van der Waals surface area contributed by atoms with E-state index in [0.717, 1.165) is 12.8 Å². The van der Waals surface area contributed by atoms with E-state index >= 15 is 0 Å². The highest BCUT2D eigenvalue weighted by Gasteiger charge is 2.29. The van der Waals surface area contributed by atoms with Gasteiger partial charge in [-0.1, -0.05) is 50.6 Å². The van der Waals surface area contributed by atoms with Crippen LogP contribution in [0.25, 0.3) is 0 Å². The van der Waals surface area contributed by atoms with Crippen LogP contribution in [0.4, 0.5) is 0 Å². The minimum atomic E-state index is -0.398. The molecule has 0 spiro atoms. The minimum Gasteiger partial charge on any atom is -0.374 e. The van der Waals surface area contributed by atoms with Crippen molar-refractivity contribution < 1.29 is 9.53 Å². The maximum Gasteiger partial charge on any atom is 0.239 e. The summed E-state index contributed by atoms with van der Waals surface area (Å²) in [4.78, 5) is 14.3. The second-order valence-corrected chi connectivity index (χ2v) is 5.88. The van der Waals surface area contributed by atoms with Crippen LogP contribution in [0.5, 0.6) is 0 Å². The zero-order valence-electron chi connectivity index (χ0n) is 13.0. The van der Waals surface area contributed by atoms with E-state index in [0.29, 0.717) is 19.7 Å². The lowest BCUT2D eigenvalue weighted by molar-refractivity contribution is -0.141. The van der Waals surface area contributed by atoms with E-state index in [-0.39, 0.29) is 17.9 Å². The van der Waals surface area contributed by atoms with E-state index in [1.807, 2.05) is 30.0 Å². The number of amides is 1. The highest BCUT2D eigenvalue weighted by Crippen LogP contribution is 2.15. The number of nitrogens with zero attached hydrogens (tertiary/aromatic N) is 1. The second kappa shape index (κ2) is 7.57. The lowest BCUT2D eigenvalue weighted by Gasteiger charge is -2.35. The van der Waals surface area contributed by atoms with Gasteiger partial charge in [0, 0.05) is 19.5 Å². The summed E-state index contributed by atoms with van der Waals surface area (Å²) < 4.78 is 5.79. The Morgan fingerprint density at radius 3 is 2.81 bits per heavy atom. The molecule has 1 aromatic rings. The maximum absolute atomic E-state index is 12.4. The maximum atomic E-state index is 12.4. The Hall–Kier alpha value is -1.39. The van der Waals surface area contributed by atoms with Gasteiger partial charge >= 0.3 is 0 Å². The Bertz CT molecular complexity index is 449. The van der Waals surface area contributed by atoms with Crippen molar-refractivity contribution in [3.63, 3.8) is 0 Å². The third-order valence-corrected chi connectivity index (χ3v) is 4.30. The zero-order valence-corrected chi connectivity index (χ0v) is 13.0. The molecule has 4 nitrogen and oxygen atoms in total. The molecule has 1 heterocycles. The summed E-state index contributed by atoms with van der Waals surface area (Å²) in [6, 6.07) is 9.85. The van der Waals surface area contributed by atoms with E-state index in [4.69, 9.17) is 10.5 Å². The van der Waals surface area contributed by atoms with Gasteiger partial charge in [0.15, 0.2) is 0 Å². The SMILES string of the molecule is CCC(C)C(N)C(=O)N1CCOC(Cc2ccccc2)C1. The molecule has 116 valence electrons. The quantitative estimate of drug-likeness (QED) is 0.900. The molecule has 1 aliphatic rings. The second-order valence-electron chi connectivity index (χ2n) is 5.88. The molecule has 1 aromatic carbocycles. The van der Waals surface area contributed by atoms with Crippen LogP contribution in [0.15, 0.2) is 30.3 Å². The Morgan fingerprint density at radius 2 is 2.14 bits per heavy atom. The minimum absolute atomic E-state index is 0.0608. The van der Waals surface area contributed by atoms with Crippen molar-refractivity contribution in [3.8, 4) is 0 Å². The topological polar surface area (TPSA) is 55.6 Å². The average molecular weight is 290 g/mol. The molecular weight excluding hydrogens is 264 g/mol. The van der Waals surface area contributed by atoms with Crippen molar-refractivity contribution in [2.75, 3.05) is 19.7 Å². The van der Waals surface area contributed by atoms with Crippen molar-refractivity contribution >= 4 is 5.91 Å². The Balaban J connectivity index is 1.93. The molecule has 1 saturated heterocycles. The van der Waals surface area contributed by atoms with E-state index in [9.17, 15) is 4.79 Å². The van der Waals surface area contributed by atoms with Crippen molar-refractivity contribution in [2.24, 2.45) is 11.7 Å². The Kier molecular flexibility index (Phi) is 5.76. The average Bonchev–Trinajstić information content (AvgIpc) is 2.54. The summed E-state index contributed by atoms with van der Waals surface area (Å²) in [7, 11) is 0. The highest BCUT2D eigenvalue weighted by molar-refractivity contribution is 5.82. The molecule has 0 saturated carbocycles. The predicted molar refractivity (Wildman–Crippen MR) is 83.9 cm³/mol. The molecule has 3 unspecified atom stereocenters. The van der Waals surface area contributed by atoms with Gasteiger partial charge in [-0.05, 0) is 11.5 Å². The van der Waals surface area contributed by atoms with Gasteiger partial charge in [-0.15, -0.1) is 0 Å². The standard InChI is InChI=1S/C17H26N2O2/c1-3-13(2)16(18)17(20)19-9-10-21-15(12-19)11-14-7-5-4-6-8-14/h4-8,13,15-16H,3,9-12,18H2,1-2H3. The van der Waals surface area contributed by atoms with Crippen molar-refractivity contribution in [1.29, 1.82) is 0 Å². The number of hydrogen-bond acceptors (Lipinski definition) is 3. The zero-order chi connectivity index (χ0) is 15.2. The summed E-state index contributed by atoms with van der Waals surface area (Å²) >= 11 is 0. The van der Waals surface area contributed by atoms with Crippen LogP contribution in [0.1, 0.15) is 25.8 Å². The number of ether oxygens (including phenoxy) is 1. The fourth-order valence-electron chi connectivity index (χ4n) is 2.63. The molecule has 0 bridgehead atoms. The third-order valence-electron chi connectivity index (χ3n) is 4.30. The molecule has 0 aromatic heterocycles. The first kappa shape index (κ1) is 16.0. The summed E-state index contributed by atoms with van der Waals surface area (Å²) in [5.74, 6) is 0.277. The molecule has 21 heavy (non-hydrogen) atoms. The summed E-state index contributed by atoms with van der Waals surface area (Å²) in [6.07, 6.45) is 1.82. The third kappa shape index (κ3) is 4.29.